The smallest absolute Gasteiger partial charge is 0.0537 e. The van der Waals surface area contributed by atoms with Crippen LogP contribution in [0.2, 0.25) is 0 Å². The van der Waals surface area contributed by atoms with Crippen molar-refractivity contribution in [3.05, 3.63) is 18.0 Å². The van der Waals surface area contributed by atoms with Crippen molar-refractivity contribution in [2.75, 3.05) is 6.54 Å². The second-order valence-electron chi connectivity index (χ2n) is 6.05. The molecule has 1 aromatic heterocycles. The molecule has 108 valence electrons. The summed E-state index contributed by atoms with van der Waals surface area (Å²) in [4.78, 5) is 0. The average Bonchev–Trinajstić information content (AvgIpc) is 2.68. The van der Waals surface area contributed by atoms with Gasteiger partial charge in [0.2, 0.25) is 0 Å². The number of hydrogen-bond acceptors (Lipinski definition) is 2. The molecule has 19 heavy (non-hydrogen) atoms. The fourth-order valence-electron chi connectivity index (χ4n) is 3.21. The summed E-state index contributed by atoms with van der Waals surface area (Å²) in [5.41, 5.74) is 1.36. The number of aryl methyl sites for hydroxylation is 1. The topological polar surface area (TPSA) is 29.9 Å². The molecular formula is C16H29N3. The van der Waals surface area contributed by atoms with Gasteiger partial charge in [0, 0.05) is 24.8 Å². The highest BCUT2D eigenvalue weighted by Gasteiger charge is 2.20. The van der Waals surface area contributed by atoms with Crippen molar-refractivity contribution in [1.29, 1.82) is 0 Å². The Hall–Kier alpha value is -0.830. The van der Waals surface area contributed by atoms with Crippen LogP contribution in [0, 0.1) is 5.92 Å². The van der Waals surface area contributed by atoms with Gasteiger partial charge in [-0.15, -0.1) is 0 Å². The first-order chi connectivity index (χ1) is 9.29. The first-order valence-corrected chi connectivity index (χ1v) is 8.01. The summed E-state index contributed by atoms with van der Waals surface area (Å²) in [6, 6.07) is 0.497. The van der Waals surface area contributed by atoms with E-state index in [1.165, 1.54) is 56.9 Å². The fraction of sp³-hybridized carbons (Fsp3) is 0.812. The summed E-state index contributed by atoms with van der Waals surface area (Å²) in [6.45, 7) is 3.34. The van der Waals surface area contributed by atoms with E-state index in [0.717, 1.165) is 12.5 Å². The van der Waals surface area contributed by atoms with Gasteiger partial charge in [0.15, 0.2) is 0 Å². The van der Waals surface area contributed by atoms with Gasteiger partial charge in [-0.25, -0.2) is 0 Å². The molecule has 0 aliphatic heterocycles. The highest BCUT2D eigenvalue weighted by molar-refractivity contribution is 5.10. The zero-order valence-electron chi connectivity index (χ0n) is 12.6. The van der Waals surface area contributed by atoms with Gasteiger partial charge in [-0.05, 0) is 25.3 Å². The maximum Gasteiger partial charge on any atom is 0.0537 e. The molecule has 1 saturated carbocycles. The van der Waals surface area contributed by atoms with E-state index in [9.17, 15) is 0 Å². The second kappa shape index (κ2) is 7.68. The van der Waals surface area contributed by atoms with E-state index >= 15 is 0 Å². The minimum absolute atomic E-state index is 0.497. The zero-order chi connectivity index (χ0) is 13.5. The van der Waals surface area contributed by atoms with Gasteiger partial charge in [-0.1, -0.05) is 45.4 Å². The predicted octanol–water partition coefficient (Wildman–Crippen LogP) is 3.82. The van der Waals surface area contributed by atoms with Crippen LogP contribution in [0.3, 0.4) is 0 Å². The molecule has 0 amide bonds. The zero-order valence-corrected chi connectivity index (χ0v) is 12.6. The van der Waals surface area contributed by atoms with Gasteiger partial charge in [0.1, 0.15) is 0 Å². The molecular weight excluding hydrogens is 234 g/mol. The normalized spacial score (nSPS) is 19.3. The molecule has 1 unspecified atom stereocenters. The fourth-order valence-corrected chi connectivity index (χ4v) is 3.21. The first kappa shape index (κ1) is 14.6. The summed E-state index contributed by atoms with van der Waals surface area (Å²) in [5.74, 6) is 0.900. The maximum absolute atomic E-state index is 4.33. The van der Waals surface area contributed by atoms with Gasteiger partial charge in [-0.2, -0.15) is 5.10 Å². The molecule has 1 atom stereocenters. The summed E-state index contributed by atoms with van der Waals surface area (Å²) in [5, 5.41) is 8.05. The monoisotopic (exact) mass is 263 g/mol. The van der Waals surface area contributed by atoms with E-state index in [0.29, 0.717) is 6.04 Å². The second-order valence-corrected chi connectivity index (χ2v) is 6.05. The van der Waals surface area contributed by atoms with Crippen molar-refractivity contribution in [1.82, 2.24) is 15.1 Å². The van der Waals surface area contributed by atoms with Crippen LogP contribution in [0.15, 0.2) is 12.4 Å². The average molecular weight is 263 g/mol. The highest BCUT2D eigenvalue weighted by Crippen LogP contribution is 2.31. The van der Waals surface area contributed by atoms with Crippen LogP contribution in [0.1, 0.15) is 69.9 Å². The van der Waals surface area contributed by atoms with Crippen LogP contribution in [-0.2, 0) is 7.05 Å². The van der Waals surface area contributed by atoms with E-state index < -0.39 is 0 Å². The molecule has 0 radical (unpaired) electrons. The third-order valence-corrected chi connectivity index (χ3v) is 4.31. The van der Waals surface area contributed by atoms with Crippen molar-refractivity contribution in [3.63, 3.8) is 0 Å². The Morgan fingerprint density at radius 3 is 2.63 bits per heavy atom. The standard InChI is InChI=1S/C16H29N3/c1-3-10-17-16(15-12-18-19(2)13-15)11-14-8-6-4-5-7-9-14/h12-14,16-17H,3-11H2,1-2H3. The van der Waals surface area contributed by atoms with Crippen LogP contribution in [0.25, 0.3) is 0 Å². The van der Waals surface area contributed by atoms with Gasteiger partial charge in [0.05, 0.1) is 6.20 Å². The Morgan fingerprint density at radius 2 is 2.05 bits per heavy atom. The number of hydrogen-bond donors (Lipinski definition) is 1. The Kier molecular flexibility index (Phi) is 5.90. The van der Waals surface area contributed by atoms with Gasteiger partial charge in [-0.3, -0.25) is 4.68 Å². The Bertz CT molecular complexity index is 351. The Balaban J connectivity index is 1.96. The van der Waals surface area contributed by atoms with E-state index in [2.05, 4.69) is 23.5 Å². The molecule has 0 saturated heterocycles. The lowest BCUT2D eigenvalue weighted by Gasteiger charge is -2.23. The van der Waals surface area contributed by atoms with Crippen LogP contribution in [-0.4, -0.2) is 16.3 Å². The van der Waals surface area contributed by atoms with E-state index in [4.69, 9.17) is 0 Å². The van der Waals surface area contributed by atoms with E-state index in [-0.39, 0.29) is 0 Å². The highest BCUT2D eigenvalue weighted by atomic mass is 15.2. The quantitative estimate of drug-likeness (QED) is 0.791. The summed E-state index contributed by atoms with van der Waals surface area (Å²) in [6.07, 6.45) is 15.3. The third kappa shape index (κ3) is 4.64. The lowest BCUT2D eigenvalue weighted by atomic mass is 9.90. The molecule has 1 N–H and O–H groups in total. The van der Waals surface area contributed by atoms with Crippen molar-refractivity contribution < 1.29 is 0 Å². The molecule has 3 nitrogen and oxygen atoms in total. The molecule has 1 fully saturated rings. The third-order valence-electron chi connectivity index (χ3n) is 4.31. The molecule has 0 spiro atoms. The van der Waals surface area contributed by atoms with E-state index in [1.807, 2.05) is 17.9 Å². The largest absolute Gasteiger partial charge is 0.310 e. The summed E-state index contributed by atoms with van der Waals surface area (Å²) in [7, 11) is 2.01. The molecule has 1 aromatic rings. The minimum Gasteiger partial charge on any atom is -0.310 e. The predicted molar refractivity (Wildman–Crippen MR) is 80.1 cm³/mol. The van der Waals surface area contributed by atoms with Crippen LogP contribution in [0.5, 0.6) is 0 Å². The molecule has 1 aliphatic rings. The van der Waals surface area contributed by atoms with Gasteiger partial charge in [0.25, 0.3) is 0 Å². The van der Waals surface area contributed by atoms with Crippen LogP contribution in [0.4, 0.5) is 0 Å². The maximum atomic E-state index is 4.33. The molecule has 1 heterocycles. The number of nitrogens with zero attached hydrogens (tertiary/aromatic N) is 2. The number of nitrogens with one attached hydrogen (secondary N) is 1. The molecule has 0 aromatic carbocycles. The Morgan fingerprint density at radius 1 is 1.32 bits per heavy atom. The van der Waals surface area contributed by atoms with Crippen molar-refractivity contribution in [3.8, 4) is 0 Å². The van der Waals surface area contributed by atoms with Gasteiger partial charge < -0.3 is 5.32 Å². The number of rotatable bonds is 6. The van der Waals surface area contributed by atoms with Crippen molar-refractivity contribution in [2.45, 2.75) is 64.3 Å². The van der Waals surface area contributed by atoms with Crippen molar-refractivity contribution >= 4 is 0 Å². The number of aromatic nitrogens is 2. The van der Waals surface area contributed by atoms with Gasteiger partial charge >= 0.3 is 0 Å². The molecule has 3 heteroatoms. The molecule has 0 bridgehead atoms. The van der Waals surface area contributed by atoms with E-state index in [1.54, 1.807) is 0 Å². The Labute approximate surface area is 117 Å². The summed E-state index contributed by atoms with van der Waals surface area (Å²) >= 11 is 0. The van der Waals surface area contributed by atoms with Crippen molar-refractivity contribution in [2.24, 2.45) is 13.0 Å². The summed E-state index contributed by atoms with van der Waals surface area (Å²) < 4.78 is 1.92. The van der Waals surface area contributed by atoms with Crippen LogP contribution >= 0.6 is 0 Å². The molecule has 1 aliphatic carbocycles. The molecule has 2 rings (SSSR count). The van der Waals surface area contributed by atoms with Crippen LogP contribution < -0.4 is 5.32 Å². The lowest BCUT2D eigenvalue weighted by Crippen LogP contribution is -2.24. The SMILES string of the molecule is CCCNC(CC1CCCCCC1)c1cnn(C)c1. The lowest BCUT2D eigenvalue weighted by molar-refractivity contribution is 0.356. The minimum atomic E-state index is 0.497. The first-order valence-electron chi connectivity index (χ1n) is 8.01.